The summed E-state index contributed by atoms with van der Waals surface area (Å²) in [6.07, 6.45) is 6.49. The number of anilines is 1. The molecule has 0 bridgehead atoms. The van der Waals surface area contributed by atoms with Crippen molar-refractivity contribution in [3.8, 4) is 0 Å². The number of nitrogens with zero attached hydrogens (tertiary/aromatic N) is 5. The van der Waals surface area contributed by atoms with Crippen LogP contribution in [0.25, 0.3) is 5.65 Å². The molecule has 7 nitrogen and oxygen atoms in total. The first-order valence-electron chi connectivity index (χ1n) is 11.9. The second-order valence-corrected chi connectivity index (χ2v) is 9.62. The number of pyridine rings is 2. The topological polar surface area (TPSA) is 61.3 Å². The van der Waals surface area contributed by atoms with E-state index in [-0.39, 0.29) is 12.6 Å². The van der Waals surface area contributed by atoms with Crippen LogP contribution in [0.5, 0.6) is 0 Å². The summed E-state index contributed by atoms with van der Waals surface area (Å²) in [7, 11) is 6.63. The Labute approximate surface area is 190 Å². The molecule has 0 spiro atoms. The highest BCUT2D eigenvalue weighted by Crippen LogP contribution is 2.33. The van der Waals surface area contributed by atoms with Crippen LogP contribution in [-0.2, 0) is 19.6 Å². The first kappa shape index (κ1) is 21.4. The number of aliphatic hydroxyl groups excluding tert-OH is 1. The smallest absolute Gasteiger partial charge is 0.138 e. The third kappa shape index (κ3) is 3.78. The minimum atomic E-state index is -0.0168. The fraction of sp³-hybridized carbons (Fsp3) is 0.520. The van der Waals surface area contributed by atoms with E-state index < -0.39 is 0 Å². The van der Waals surface area contributed by atoms with Crippen LogP contribution in [0.3, 0.4) is 0 Å². The number of rotatable bonds is 6. The number of imidazole rings is 1. The number of aliphatic hydroxyl groups is 1. The van der Waals surface area contributed by atoms with Gasteiger partial charge in [-0.05, 0) is 50.1 Å². The second-order valence-electron chi connectivity index (χ2n) is 9.62. The molecule has 1 saturated heterocycles. The second kappa shape index (κ2) is 8.81. The van der Waals surface area contributed by atoms with E-state index in [2.05, 4.69) is 53.5 Å². The van der Waals surface area contributed by atoms with Crippen LogP contribution in [0.1, 0.15) is 47.9 Å². The summed E-state index contributed by atoms with van der Waals surface area (Å²) in [5.41, 5.74) is 5.34. The minimum absolute atomic E-state index is 0.0168. The van der Waals surface area contributed by atoms with Gasteiger partial charge in [0.25, 0.3) is 0 Å². The maximum Gasteiger partial charge on any atom is 0.138 e. The maximum absolute atomic E-state index is 10.4. The normalized spacial score (nSPS) is 21.1. The van der Waals surface area contributed by atoms with Gasteiger partial charge in [-0.2, -0.15) is 0 Å². The number of fused-ring (bicyclic) bond motifs is 2. The molecule has 1 unspecified atom stereocenters. The number of hydrogen-bond donors (Lipinski definition) is 2. The summed E-state index contributed by atoms with van der Waals surface area (Å²) < 4.78 is 2.17. The molecule has 170 valence electrons. The van der Waals surface area contributed by atoms with Gasteiger partial charge >= 0.3 is 0 Å². The number of nitrogens with one attached hydrogen (secondary N) is 1. The zero-order valence-electron chi connectivity index (χ0n) is 19.5. The van der Waals surface area contributed by atoms with Crippen molar-refractivity contribution in [2.24, 2.45) is 0 Å². The predicted molar refractivity (Wildman–Crippen MR) is 126 cm³/mol. The van der Waals surface area contributed by atoms with Gasteiger partial charge in [0.05, 0.1) is 50.4 Å². The Morgan fingerprint density at radius 3 is 2.84 bits per heavy atom. The van der Waals surface area contributed by atoms with Gasteiger partial charge < -0.3 is 14.9 Å². The van der Waals surface area contributed by atoms with Gasteiger partial charge in [0, 0.05) is 25.7 Å². The van der Waals surface area contributed by atoms with Gasteiger partial charge in [-0.25, -0.2) is 4.98 Å². The molecule has 0 saturated carbocycles. The van der Waals surface area contributed by atoms with E-state index in [1.807, 2.05) is 18.3 Å². The van der Waals surface area contributed by atoms with Crippen LogP contribution in [0.15, 0.2) is 36.5 Å². The van der Waals surface area contributed by atoms with Crippen molar-refractivity contribution in [1.82, 2.24) is 19.3 Å². The molecule has 1 aliphatic heterocycles. The number of quaternary nitrogens is 1. The van der Waals surface area contributed by atoms with Gasteiger partial charge in [-0.1, -0.05) is 12.1 Å². The Bertz CT molecular complexity index is 1090. The molecule has 2 N–H and O–H groups in total. The Balaban J connectivity index is 1.46. The standard InChI is InChI=1S/C25H34N6O/c1-28(2)19-12-14-30(15-19)24-11-5-10-23-27-20(22(17-32)31(23)24)16-29(3)21-9-4-7-18-8-6-13-26-25(18)21/h5-6,8,10-11,13,19,21,32H,4,7,9,12,14-17H2,1-3H3/p+1/t19?,21-/m0/s1. The minimum Gasteiger partial charge on any atom is -0.390 e. The fourth-order valence-electron chi connectivity index (χ4n) is 5.52. The molecule has 7 heteroatoms. The molecule has 2 aliphatic rings. The van der Waals surface area contributed by atoms with Gasteiger partial charge in [0.15, 0.2) is 0 Å². The van der Waals surface area contributed by atoms with E-state index in [1.165, 1.54) is 29.0 Å². The zero-order chi connectivity index (χ0) is 22.2. The van der Waals surface area contributed by atoms with Gasteiger partial charge in [-0.15, -0.1) is 0 Å². The lowest BCUT2D eigenvalue weighted by Crippen LogP contribution is -3.10. The molecule has 1 fully saturated rings. The lowest BCUT2D eigenvalue weighted by atomic mass is 9.91. The van der Waals surface area contributed by atoms with E-state index in [0.29, 0.717) is 12.6 Å². The van der Waals surface area contributed by atoms with E-state index in [0.717, 1.165) is 48.8 Å². The Hall–Kier alpha value is -2.48. The van der Waals surface area contributed by atoms with Crippen molar-refractivity contribution in [3.05, 3.63) is 59.2 Å². The summed E-state index contributed by atoms with van der Waals surface area (Å²) in [5.74, 6) is 1.14. The Morgan fingerprint density at radius 1 is 1.19 bits per heavy atom. The van der Waals surface area contributed by atoms with E-state index in [9.17, 15) is 5.11 Å². The Kier molecular flexibility index (Phi) is 5.88. The molecule has 4 heterocycles. The van der Waals surface area contributed by atoms with Crippen molar-refractivity contribution in [2.45, 2.75) is 50.9 Å². The zero-order valence-corrected chi connectivity index (χ0v) is 19.5. The van der Waals surface area contributed by atoms with Crippen LogP contribution in [0, 0.1) is 0 Å². The number of aryl methyl sites for hydroxylation is 1. The van der Waals surface area contributed by atoms with Crippen LogP contribution in [0.2, 0.25) is 0 Å². The third-order valence-electron chi connectivity index (χ3n) is 7.38. The average Bonchev–Trinajstić information content (AvgIpc) is 3.43. The van der Waals surface area contributed by atoms with E-state index >= 15 is 0 Å². The van der Waals surface area contributed by atoms with Crippen LogP contribution in [0.4, 0.5) is 5.82 Å². The molecule has 0 aromatic carbocycles. The quantitative estimate of drug-likeness (QED) is 0.614. The highest BCUT2D eigenvalue weighted by molar-refractivity contribution is 5.55. The molecule has 0 amide bonds. The first-order chi connectivity index (χ1) is 15.6. The Morgan fingerprint density at radius 2 is 2.06 bits per heavy atom. The van der Waals surface area contributed by atoms with E-state index in [4.69, 9.17) is 9.97 Å². The molecule has 5 rings (SSSR count). The number of hydrogen-bond acceptors (Lipinski definition) is 5. The maximum atomic E-state index is 10.4. The molecular weight excluding hydrogens is 400 g/mol. The molecular formula is C25H35N6O+. The highest BCUT2D eigenvalue weighted by Gasteiger charge is 2.30. The van der Waals surface area contributed by atoms with Crippen molar-refractivity contribution >= 4 is 11.5 Å². The first-order valence-corrected chi connectivity index (χ1v) is 11.9. The summed E-state index contributed by atoms with van der Waals surface area (Å²) in [6, 6.07) is 11.5. The predicted octanol–water partition coefficient (Wildman–Crippen LogP) is 1.45. The van der Waals surface area contributed by atoms with Crippen LogP contribution < -0.4 is 9.80 Å². The van der Waals surface area contributed by atoms with Crippen molar-refractivity contribution in [2.75, 3.05) is 39.1 Å². The van der Waals surface area contributed by atoms with Crippen molar-refractivity contribution in [1.29, 1.82) is 0 Å². The highest BCUT2D eigenvalue weighted by atomic mass is 16.3. The summed E-state index contributed by atoms with van der Waals surface area (Å²) >= 11 is 0. The summed E-state index contributed by atoms with van der Waals surface area (Å²) in [6.45, 7) is 2.75. The van der Waals surface area contributed by atoms with Crippen LogP contribution >= 0.6 is 0 Å². The summed E-state index contributed by atoms with van der Waals surface area (Å²) in [4.78, 5) is 16.0. The lowest BCUT2D eigenvalue weighted by molar-refractivity contribution is -0.882. The van der Waals surface area contributed by atoms with Crippen molar-refractivity contribution in [3.63, 3.8) is 0 Å². The average molecular weight is 436 g/mol. The molecule has 0 radical (unpaired) electrons. The monoisotopic (exact) mass is 435 g/mol. The third-order valence-corrected chi connectivity index (χ3v) is 7.38. The SMILES string of the molecule is CN(Cc1nc2cccc(N3CCC([NH+](C)C)C3)n2c1CO)[C@H]1CCCc2cccnc21. The van der Waals surface area contributed by atoms with Gasteiger partial charge in [-0.3, -0.25) is 14.3 Å². The van der Waals surface area contributed by atoms with E-state index in [1.54, 1.807) is 0 Å². The molecule has 3 aromatic rings. The molecule has 32 heavy (non-hydrogen) atoms. The fourth-order valence-corrected chi connectivity index (χ4v) is 5.52. The lowest BCUT2D eigenvalue weighted by Gasteiger charge is -2.32. The molecule has 3 aromatic heterocycles. The number of aromatic nitrogens is 3. The summed E-state index contributed by atoms with van der Waals surface area (Å²) in [5, 5.41) is 10.4. The van der Waals surface area contributed by atoms with Crippen LogP contribution in [-0.4, -0.2) is 64.6 Å². The molecule has 2 atom stereocenters. The van der Waals surface area contributed by atoms with Gasteiger partial charge in [0.1, 0.15) is 17.5 Å². The van der Waals surface area contributed by atoms with Gasteiger partial charge in [0.2, 0.25) is 0 Å². The van der Waals surface area contributed by atoms with Crippen molar-refractivity contribution < 1.29 is 10.0 Å². The molecule has 1 aliphatic carbocycles. The largest absolute Gasteiger partial charge is 0.390 e. The number of likely N-dealkylation sites (N-methyl/N-ethyl adjacent to an activating group) is 1.